The molecule has 2 aromatic rings. The number of fused-ring (bicyclic) bond motifs is 1. The smallest absolute Gasteiger partial charge is 0.231 e. The Morgan fingerprint density at radius 2 is 2.15 bits per heavy atom. The van der Waals surface area contributed by atoms with E-state index in [1.807, 2.05) is 12.1 Å². The predicted octanol–water partition coefficient (Wildman–Crippen LogP) is 3.43. The number of aromatic nitrogens is 2. The summed E-state index contributed by atoms with van der Waals surface area (Å²) in [6, 6.07) is 5.38. The number of rotatable bonds is 3. The Morgan fingerprint density at radius 3 is 2.95 bits per heavy atom. The molecule has 1 aliphatic heterocycles. The van der Waals surface area contributed by atoms with E-state index in [-0.39, 0.29) is 6.79 Å². The first kappa shape index (κ1) is 13.6. The maximum atomic E-state index is 6.02. The average Bonchev–Trinajstić information content (AvgIpc) is 2.87. The molecular formula is C13H10BrClN2O3. The minimum absolute atomic E-state index is 0.211. The van der Waals surface area contributed by atoms with Gasteiger partial charge in [-0.2, -0.15) is 0 Å². The Morgan fingerprint density at radius 1 is 1.30 bits per heavy atom. The summed E-state index contributed by atoms with van der Waals surface area (Å²) >= 11 is 9.46. The quantitative estimate of drug-likeness (QED) is 0.788. The van der Waals surface area contributed by atoms with Gasteiger partial charge in [-0.25, -0.2) is 9.97 Å². The number of methoxy groups -OCH3 is 1. The second-order valence-electron chi connectivity index (χ2n) is 4.13. The van der Waals surface area contributed by atoms with E-state index in [4.69, 9.17) is 25.8 Å². The fourth-order valence-electron chi connectivity index (χ4n) is 1.91. The summed E-state index contributed by atoms with van der Waals surface area (Å²) < 4.78 is 16.6. The Labute approximate surface area is 129 Å². The van der Waals surface area contributed by atoms with Crippen molar-refractivity contribution < 1.29 is 14.2 Å². The molecule has 0 N–H and O–H groups in total. The van der Waals surface area contributed by atoms with Gasteiger partial charge >= 0.3 is 0 Å². The molecular weight excluding hydrogens is 348 g/mol. The molecule has 0 saturated carbocycles. The zero-order chi connectivity index (χ0) is 14.1. The summed E-state index contributed by atoms with van der Waals surface area (Å²) in [6.07, 6.45) is 0. The second-order valence-corrected chi connectivity index (χ2v) is 5.37. The second kappa shape index (κ2) is 5.55. The third-order valence-corrected chi connectivity index (χ3v) is 3.51. The summed E-state index contributed by atoms with van der Waals surface area (Å²) in [5.41, 5.74) is 1.51. The summed E-state index contributed by atoms with van der Waals surface area (Å²) in [6.45, 7) is 0.587. The molecule has 0 radical (unpaired) electrons. The molecule has 0 saturated heterocycles. The van der Waals surface area contributed by atoms with Crippen molar-refractivity contribution in [3.8, 4) is 22.9 Å². The van der Waals surface area contributed by atoms with E-state index in [0.717, 1.165) is 15.7 Å². The van der Waals surface area contributed by atoms with E-state index in [1.54, 1.807) is 13.2 Å². The summed E-state index contributed by atoms with van der Waals surface area (Å²) in [4.78, 5) is 8.66. The number of halogens is 2. The molecule has 0 unspecified atom stereocenters. The third kappa shape index (κ3) is 2.59. The Kier molecular flexibility index (Phi) is 3.78. The molecule has 7 heteroatoms. The van der Waals surface area contributed by atoms with Crippen LogP contribution in [0, 0.1) is 0 Å². The topological polar surface area (TPSA) is 53.5 Å². The number of hydrogen-bond acceptors (Lipinski definition) is 5. The SMILES string of the molecule is COCc1cc(Cl)nc(-c2cc(Br)c3c(c2)OCO3)n1. The minimum Gasteiger partial charge on any atom is -0.454 e. The molecule has 2 heterocycles. The van der Waals surface area contributed by atoms with Gasteiger partial charge in [-0.05, 0) is 34.1 Å². The van der Waals surface area contributed by atoms with Crippen LogP contribution in [0.15, 0.2) is 22.7 Å². The van der Waals surface area contributed by atoms with E-state index in [9.17, 15) is 0 Å². The maximum Gasteiger partial charge on any atom is 0.231 e. The zero-order valence-corrected chi connectivity index (χ0v) is 12.9. The lowest BCUT2D eigenvalue weighted by Gasteiger charge is -2.07. The summed E-state index contributed by atoms with van der Waals surface area (Å²) in [5, 5.41) is 0.371. The van der Waals surface area contributed by atoms with Gasteiger partial charge in [-0.1, -0.05) is 11.6 Å². The lowest BCUT2D eigenvalue weighted by molar-refractivity contribution is 0.173. The van der Waals surface area contributed by atoms with Crippen molar-refractivity contribution in [2.24, 2.45) is 0 Å². The summed E-state index contributed by atoms with van der Waals surface area (Å²) in [7, 11) is 1.60. The molecule has 1 aromatic heterocycles. The first-order valence-electron chi connectivity index (χ1n) is 5.79. The van der Waals surface area contributed by atoms with Crippen LogP contribution >= 0.6 is 27.5 Å². The molecule has 1 aromatic carbocycles. The number of nitrogens with zero attached hydrogens (tertiary/aromatic N) is 2. The van der Waals surface area contributed by atoms with Crippen LogP contribution in [0.2, 0.25) is 5.15 Å². The fraction of sp³-hybridized carbons (Fsp3) is 0.231. The lowest BCUT2D eigenvalue weighted by atomic mass is 10.2. The van der Waals surface area contributed by atoms with Gasteiger partial charge in [0.25, 0.3) is 0 Å². The van der Waals surface area contributed by atoms with E-state index >= 15 is 0 Å². The highest BCUT2D eigenvalue weighted by Crippen LogP contribution is 2.42. The van der Waals surface area contributed by atoms with Crippen molar-refractivity contribution in [2.75, 3.05) is 13.9 Å². The van der Waals surface area contributed by atoms with Crippen molar-refractivity contribution in [2.45, 2.75) is 6.61 Å². The average molecular weight is 358 g/mol. The molecule has 0 atom stereocenters. The highest BCUT2D eigenvalue weighted by Gasteiger charge is 2.19. The van der Waals surface area contributed by atoms with Crippen LogP contribution in [0.5, 0.6) is 11.5 Å². The largest absolute Gasteiger partial charge is 0.454 e. The normalized spacial score (nSPS) is 12.8. The van der Waals surface area contributed by atoms with Crippen LogP contribution < -0.4 is 9.47 Å². The number of ether oxygens (including phenoxy) is 3. The molecule has 5 nitrogen and oxygen atoms in total. The monoisotopic (exact) mass is 356 g/mol. The Bertz CT molecular complexity index is 666. The van der Waals surface area contributed by atoms with Gasteiger partial charge in [0.15, 0.2) is 17.3 Å². The van der Waals surface area contributed by atoms with Crippen LogP contribution in [0.25, 0.3) is 11.4 Å². The van der Waals surface area contributed by atoms with E-state index < -0.39 is 0 Å². The van der Waals surface area contributed by atoms with E-state index in [2.05, 4.69) is 25.9 Å². The van der Waals surface area contributed by atoms with Gasteiger partial charge in [0.2, 0.25) is 6.79 Å². The highest BCUT2D eigenvalue weighted by molar-refractivity contribution is 9.10. The number of hydrogen-bond donors (Lipinski definition) is 0. The molecule has 3 rings (SSSR count). The first-order valence-corrected chi connectivity index (χ1v) is 6.96. The molecule has 0 bridgehead atoms. The van der Waals surface area contributed by atoms with Crippen LogP contribution in [-0.2, 0) is 11.3 Å². The van der Waals surface area contributed by atoms with Crippen molar-refractivity contribution in [1.82, 2.24) is 9.97 Å². The predicted molar refractivity (Wildman–Crippen MR) is 77.0 cm³/mol. The molecule has 0 fully saturated rings. The summed E-state index contributed by atoms with van der Waals surface area (Å²) in [5.74, 6) is 1.86. The zero-order valence-electron chi connectivity index (χ0n) is 10.5. The highest BCUT2D eigenvalue weighted by atomic mass is 79.9. The third-order valence-electron chi connectivity index (χ3n) is 2.73. The van der Waals surface area contributed by atoms with Gasteiger partial charge in [-0.3, -0.25) is 0 Å². The Hall–Kier alpha value is -1.37. The van der Waals surface area contributed by atoms with Crippen molar-refractivity contribution in [3.05, 3.63) is 33.5 Å². The minimum atomic E-state index is 0.211. The van der Waals surface area contributed by atoms with Crippen molar-refractivity contribution in [1.29, 1.82) is 0 Å². The number of benzene rings is 1. The van der Waals surface area contributed by atoms with Gasteiger partial charge in [0, 0.05) is 12.7 Å². The molecule has 20 heavy (non-hydrogen) atoms. The van der Waals surface area contributed by atoms with Crippen LogP contribution in [0.1, 0.15) is 5.69 Å². The van der Waals surface area contributed by atoms with Gasteiger partial charge in [-0.15, -0.1) is 0 Å². The molecule has 0 amide bonds. The fourth-order valence-corrected chi connectivity index (χ4v) is 2.67. The molecule has 104 valence electrons. The maximum absolute atomic E-state index is 6.02. The van der Waals surface area contributed by atoms with Gasteiger partial charge < -0.3 is 14.2 Å². The van der Waals surface area contributed by atoms with Gasteiger partial charge in [0.1, 0.15) is 5.15 Å². The van der Waals surface area contributed by atoms with Gasteiger partial charge in [0.05, 0.1) is 16.8 Å². The van der Waals surface area contributed by atoms with Crippen LogP contribution in [0.4, 0.5) is 0 Å². The van der Waals surface area contributed by atoms with E-state index in [0.29, 0.717) is 29.1 Å². The van der Waals surface area contributed by atoms with Crippen molar-refractivity contribution in [3.63, 3.8) is 0 Å². The van der Waals surface area contributed by atoms with Crippen LogP contribution in [0.3, 0.4) is 0 Å². The Balaban J connectivity index is 2.07. The lowest BCUT2D eigenvalue weighted by Crippen LogP contribution is -1.97. The molecule has 0 spiro atoms. The molecule has 0 aliphatic carbocycles. The standard InChI is InChI=1S/C13H10BrClN2O3/c1-18-5-8-4-11(15)17-13(16-8)7-2-9(14)12-10(3-7)19-6-20-12/h2-4H,5-6H2,1H3. The molecule has 1 aliphatic rings. The first-order chi connectivity index (χ1) is 9.67. The van der Waals surface area contributed by atoms with E-state index in [1.165, 1.54) is 0 Å². The van der Waals surface area contributed by atoms with Crippen LogP contribution in [-0.4, -0.2) is 23.9 Å². The van der Waals surface area contributed by atoms with Crippen molar-refractivity contribution >= 4 is 27.5 Å².